The van der Waals surface area contributed by atoms with E-state index in [0.29, 0.717) is 36.8 Å². The SMILES string of the molecule is CS(=O)(=O)N1CCCC1C(=O)Oc1ccc(Oc2ccccn2)cc1. The number of aromatic nitrogens is 1. The smallest absolute Gasteiger partial charge is 0.329 e. The molecule has 0 N–H and O–H groups in total. The number of hydrogen-bond donors (Lipinski definition) is 0. The summed E-state index contributed by atoms with van der Waals surface area (Å²) in [5.41, 5.74) is 0. The average Bonchev–Trinajstić information content (AvgIpc) is 3.08. The van der Waals surface area contributed by atoms with Crippen molar-refractivity contribution < 1.29 is 22.7 Å². The molecule has 25 heavy (non-hydrogen) atoms. The summed E-state index contributed by atoms with van der Waals surface area (Å²) in [7, 11) is -3.42. The second-order valence-electron chi connectivity index (χ2n) is 5.69. The fraction of sp³-hybridized carbons (Fsp3) is 0.294. The number of nitrogens with zero attached hydrogens (tertiary/aromatic N) is 2. The predicted molar refractivity (Wildman–Crippen MR) is 91.0 cm³/mol. The van der Waals surface area contributed by atoms with Crippen molar-refractivity contribution in [2.24, 2.45) is 0 Å². The topological polar surface area (TPSA) is 85.8 Å². The molecule has 0 aliphatic carbocycles. The van der Waals surface area contributed by atoms with Gasteiger partial charge in [-0.2, -0.15) is 4.31 Å². The van der Waals surface area contributed by atoms with Crippen LogP contribution in [0.3, 0.4) is 0 Å². The van der Waals surface area contributed by atoms with E-state index in [1.165, 1.54) is 4.31 Å². The van der Waals surface area contributed by atoms with E-state index in [-0.39, 0.29) is 0 Å². The van der Waals surface area contributed by atoms with Gasteiger partial charge in [-0.3, -0.25) is 0 Å². The first kappa shape index (κ1) is 17.4. The first-order chi connectivity index (χ1) is 11.9. The predicted octanol–water partition coefficient (Wildman–Crippen LogP) is 2.20. The van der Waals surface area contributed by atoms with Crippen LogP contribution >= 0.6 is 0 Å². The second kappa shape index (κ2) is 7.20. The number of ether oxygens (including phenoxy) is 2. The van der Waals surface area contributed by atoms with Gasteiger partial charge in [0.1, 0.15) is 17.5 Å². The molecule has 7 nitrogen and oxygen atoms in total. The van der Waals surface area contributed by atoms with E-state index >= 15 is 0 Å². The fourth-order valence-corrected chi connectivity index (χ4v) is 3.78. The molecule has 0 spiro atoms. The van der Waals surface area contributed by atoms with Crippen molar-refractivity contribution in [3.63, 3.8) is 0 Å². The number of sulfonamides is 1. The van der Waals surface area contributed by atoms with Crippen LogP contribution in [-0.4, -0.2) is 42.5 Å². The van der Waals surface area contributed by atoms with E-state index in [0.717, 1.165) is 6.26 Å². The molecule has 132 valence electrons. The molecule has 3 rings (SSSR count). The quantitative estimate of drug-likeness (QED) is 0.599. The average molecular weight is 362 g/mol. The van der Waals surface area contributed by atoms with Crippen molar-refractivity contribution in [2.45, 2.75) is 18.9 Å². The lowest BCUT2D eigenvalue weighted by Gasteiger charge is -2.20. The van der Waals surface area contributed by atoms with E-state index in [9.17, 15) is 13.2 Å². The Morgan fingerprint density at radius 1 is 1.16 bits per heavy atom. The Labute approximate surface area is 146 Å². The molecule has 1 fully saturated rings. The largest absolute Gasteiger partial charge is 0.439 e. The first-order valence-electron chi connectivity index (χ1n) is 7.81. The maximum Gasteiger partial charge on any atom is 0.329 e. The third-order valence-corrected chi connectivity index (χ3v) is 5.09. The molecule has 0 bridgehead atoms. The van der Waals surface area contributed by atoms with E-state index < -0.39 is 22.0 Å². The normalized spacial score (nSPS) is 18.0. The minimum Gasteiger partial charge on any atom is -0.439 e. The van der Waals surface area contributed by atoms with Gasteiger partial charge in [-0.25, -0.2) is 18.2 Å². The van der Waals surface area contributed by atoms with Gasteiger partial charge in [0.15, 0.2) is 0 Å². The van der Waals surface area contributed by atoms with Gasteiger partial charge in [-0.15, -0.1) is 0 Å². The molecule has 1 aliphatic heterocycles. The summed E-state index contributed by atoms with van der Waals surface area (Å²) in [4.78, 5) is 16.3. The van der Waals surface area contributed by atoms with Gasteiger partial charge in [0, 0.05) is 18.8 Å². The molecule has 8 heteroatoms. The van der Waals surface area contributed by atoms with Gasteiger partial charge in [0.2, 0.25) is 15.9 Å². The van der Waals surface area contributed by atoms with Crippen LogP contribution in [0.2, 0.25) is 0 Å². The Bertz CT molecular complexity index is 837. The molecular weight excluding hydrogens is 344 g/mol. The molecule has 0 radical (unpaired) electrons. The highest BCUT2D eigenvalue weighted by Gasteiger charge is 2.37. The molecule has 1 aliphatic rings. The van der Waals surface area contributed by atoms with Crippen molar-refractivity contribution in [1.82, 2.24) is 9.29 Å². The van der Waals surface area contributed by atoms with Crippen LogP contribution < -0.4 is 9.47 Å². The molecule has 1 atom stereocenters. The zero-order valence-electron chi connectivity index (χ0n) is 13.7. The maximum atomic E-state index is 12.3. The minimum absolute atomic E-state index is 0.332. The fourth-order valence-electron chi connectivity index (χ4n) is 2.66. The van der Waals surface area contributed by atoms with Crippen LogP contribution in [0.4, 0.5) is 0 Å². The van der Waals surface area contributed by atoms with Gasteiger partial charge in [-0.05, 0) is 43.2 Å². The van der Waals surface area contributed by atoms with Crippen molar-refractivity contribution >= 4 is 16.0 Å². The second-order valence-corrected chi connectivity index (χ2v) is 7.63. The molecule has 2 heterocycles. The van der Waals surface area contributed by atoms with E-state index in [2.05, 4.69) is 4.98 Å². The Morgan fingerprint density at radius 2 is 1.88 bits per heavy atom. The third-order valence-electron chi connectivity index (χ3n) is 3.80. The van der Waals surface area contributed by atoms with Crippen LogP contribution in [0.15, 0.2) is 48.7 Å². The number of esters is 1. The highest BCUT2D eigenvalue weighted by Crippen LogP contribution is 2.25. The minimum atomic E-state index is -3.42. The molecule has 0 saturated carbocycles. The standard InChI is InChI=1S/C17H18N2O5S/c1-25(21,22)19-12-4-5-15(19)17(20)24-14-9-7-13(8-10-14)23-16-6-2-3-11-18-16/h2-3,6-11,15H,4-5,12H2,1H3. The maximum absolute atomic E-state index is 12.3. The van der Waals surface area contributed by atoms with Gasteiger partial charge in [0.25, 0.3) is 0 Å². The monoisotopic (exact) mass is 362 g/mol. The van der Waals surface area contributed by atoms with Gasteiger partial charge < -0.3 is 9.47 Å². The van der Waals surface area contributed by atoms with Crippen LogP contribution in [-0.2, 0) is 14.8 Å². The zero-order chi connectivity index (χ0) is 17.9. The number of pyridine rings is 1. The Hall–Kier alpha value is -2.45. The molecule has 1 unspecified atom stereocenters. The van der Waals surface area contributed by atoms with Crippen molar-refractivity contribution in [3.8, 4) is 17.4 Å². The van der Waals surface area contributed by atoms with Gasteiger partial charge in [-0.1, -0.05) is 6.07 Å². The van der Waals surface area contributed by atoms with Gasteiger partial charge in [0.05, 0.1) is 6.26 Å². The Kier molecular flexibility index (Phi) is 5.00. The third kappa shape index (κ3) is 4.34. The van der Waals surface area contributed by atoms with Crippen LogP contribution in [0.25, 0.3) is 0 Å². The summed E-state index contributed by atoms with van der Waals surface area (Å²) >= 11 is 0. The van der Waals surface area contributed by atoms with E-state index in [1.54, 1.807) is 42.6 Å². The molecule has 1 aromatic heterocycles. The van der Waals surface area contributed by atoms with E-state index in [1.807, 2.05) is 6.07 Å². The number of carbonyl (C=O) groups is 1. The van der Waals surface area contributed by atoms with Crippen LogP contribution in [0.1, 0.15) is 12.8 Å². The summed E-state index contributed by atoms with van der Waals surface area (Å²) in [6.45, 7) is 0.343. The highest BCUT2D eigenvalue weighted by molar-refractivity contribution is 7.88. The lowest BCUT2D eigenvalue weighted by atomic mass is 10.2. The molecule has 2 aromatic rings. The van der Waals surface area contributed by atoms with Crippen molar-refractivity contribution in [1.29, 1.82) is 0 Å². The zero-order valence-corrected chi connectivity index (χ0v) is 14.5. The summed E-state index contributed by atoms with van der Waals surface area (Å²) in [6, 6.07) is 11.1. The van der Waals surface area contributed by atoms with Gasteiger partial charge >= 0.3 is 5.97 Å². The summed E-state index contributed by atoms with van der Waals surface area (Å²) in [5, 5.41) is 0. The molecule has 1 saturated heterocycles. The first-order valence-corrected chi connectivity index (χ1v) is 9.66. The van der Waals surface area contributed by atoms with Crippen LogP contribution in [0.5, 0.6) is 17.4 Å². The number of rotatable bonds is 5. The van der Waals surface area contributed by atoms with Crippen molar-refractivity contribution in [2.75, 3.05) is 12.8 Å². The summed E-state index contributed by atoms with van der Waals surface area (Å²) < 4.78 is 35.5. The number of benzene rings is 1. The lowest BCUT2D eigenvalue weighted by molar-refractivity contribution is -0.137. The lowest BCUT2D eigenvalue weighted by Crippen LogP contribution is -2.41. The Morgan fingerprint density at radius 3 is 2.52 bits per heavy atom. The van der Waals surface area contributed by atoms with Crippen LogP contribution in [0, 0.1) is 0 Å². The molecule has 1 aromatic carbocycles. The molecule has 0 amide bonds. The molecular formula is C17H18N2O5S. The summed E-state index contributed by atoms with van der Waals surface area (Å²) in [6.07, 6.45) is 3.83. The summed E-state index contributed by atoms with van der Waals surface area (Å²) in [5.74, 6) is 0.777. The highest BCUT2D eigenvalue weighted by atomic mass is 32.2. The number of hydrogen-bond acceptors (Lipinski definition) is 6. The van der Waals surface area contributed by atoms with E-state index in [4.69, 9.17) is 9.47 Å². The van der Waals surface area contributed by atoms with Crippen molar-refractivity contribution in [3.05, 3.63) is 48.7 Å². The Balaban J connectivity index is 1.64. The number of carbonyl (C=O) groups excluding carboxylic acids is 1.